The molecule has 0 fully saturated rings. The van der Waals surface area contributed by atoms with Crippen molar-refractivity contribution in [1.82, 2.24) is 5.32 Å². The number of benzene rings is 1. The summed E-state index contributed by atoms with van der Waals surface area (Å²) in [6.07, 6.45) is 5.65. The van der Waals surface area contributed by atoms with E-state index in [1.54, 1.807) is 20.1 Å². The zero-order chi connectivity index (χ0) is 27.9. The van der Waals surface area contributed by atoms with Crippen LogP contribution in [0.4, 0.5) is 0 Å². The van der Waals surface area contributed by atoms with E-state index in [4.69, 9.17) is 9.15 Å². The standard InChI is InChI=1S/C30H35NO7/c1-15(2)9-10-19(21-8-7-13-37-21)11-12-31-17(4)23-20(33)14-22-30(6,29(23)36)25-27(35)16(3)26(34)24(18(5)32)28(25)38-22/h7-8,13-15,19,31,34-35H,9-12H2,1-6H3. The van der Waals surface area contributed by atoms with Gasteiger partial charge in [0, 0.05) is 29.8 Å². The van der Waals surface area contributed by atoms with E-state index in [0.29, 0.717) is 18.2 Å². The highest BCUT2D eigenvalue weighted by Gasteiger charge is 2.56. The molecule has 1 aliphatic heterocycles. The quantitative estimate of drug-likeness (QED) is 0.229. The average Bonchev–Trinajstić information content (AvgIpc) is 3.47. The number of nitrogens with one attached hydrogen (secondary N) is 1. The lowest BCUT2D eigenvalue weighted by atomic mass is 9.70. The van der Waals surface area contributed by atoms with Crippen LogP contribution in [0.1, 0.15) is 87.0 Å². The number of hydrogen-bond acceptors (Lipinski definition) is 8. The van der Waals surface area contributed by atoms with Crippen LogP contribution in [0.25, 0.3) is 0 Å². The molecule has 2 unspecified atom stereocenters. The van der Waals surface area contributed by atoms with Gasteiger partial charge in [-0.2, -0.15) is 0 Å². The van der Waals surface area contributed by atoms with Crippen LogP contribution in [-0.2, 0) is 15.0 Å². The van der Waals surface area contributed by atoms with Crippen molar-refractivity contribution in [3.8, 4) is 17.2 Å². The van der Waals surface area contributed by atoms with Crippen LogP contribution in [0.3, 0.4) is 0 Å². The molecule has 8 heteroatoms. The Hall–Kier alpha value is -3.81. The van der Waals surface area contributed by atoms with Crippen molar-refractivity contribution in [3.63, 3.8) is 0 Å². The number of carbonyl (C=O) groups is 3. The van der Waals surface area contributed by atoms with E-state index in [0.717, 1.165) is 25.0 Å². The maximum Gasteiger partial charge on any atom is 0.194 e. The van der Waals surface area contributed by atoms with Crippen molar-refractivity contribution in [3.05, 3.63) is 64.0 Å². The molecule has 2 atom stereocenters. The third-order valence-corrected chi connectivity index (χ3v) is 7.68. The van der Waals surface area contributed by atoms with Crippen molar-refractivity contribution in [1.29, 1.82) is 0 Å². The summed E-state index contributed by atoms with van der Waals surface area (Å²) >= 11 is 0. The molecule has 2 aliphatic rings. The van der Waals surface area contributed by atoms with Crippen molar-refractivity contribution in [2.24, 2.45) is 5.92 Å². The SMILES string of the molecule is CC(=O)c1c(O)c(C)c(O)c2c1OC1=CC(=O)C(=C(C)NCCC(CCC(C)C)c3ccco3)C(=O)C12C. The zero-order valence-corrected chi connectivity index (χ0v) is 22.7. The smallest absolute Gasteiger partial charge is 0.194 e. The van der Waals surface area contributed by atoms with Gasteiger partial charge in [-0.1, -0.05) is 20.3 Å². The van der Waals surface area contributed by atoms with Crippen molar-refractivity contribution in [2.45, 2.75) is 72.1 Å². The monoisotopic (exact) mass is 521 g/mol. The summed E-state index contributed by atoms with van der Waals surface area (Å²) in [6, 6.07) is 3.84. The summed E-state index contributed by atoms with van der Waals surface area (Å²) < 4.78 is 11.5. The minimum Gasteiger partial charge on any atom is -0.507 e. The Labute approximate surface area is 222 Å². The van der Waals surface area contributed by atoms with Gasteiger partial charge < -0.3 is 24.7 Å². The molecule has 0 spiro atoms. The number of phenolic OH excluding ortho intramolecular Hbond substituents is 2. The molecule has 2 aromatic rings. The lowest BCUT2D eigenvalue weighted by Crippen LogP contribution is -2.41. The lowest BCUT2D eigenvalue weighted by Gasteiger charge is -2.29. The van der Waals surface area contributed by atoms with Gasteiger partial charge in [-0.15, -0.1) is 0 Å². The van der Waals surface area contributed by atoms with Gasteiger partial charge in [-0.3, -0.25) is 14.4 Å². The first-order valence-electron chi connectivity index (χ1n) is 13.0. The molecule has 202 valence electrons. The molecule has 0 bridgehead atoms. The van der Waals surface area contributed by atoms with E-state index in [-0.39, 0.29) is 45.4 Å². The Morgan fingerprint density at radius 3 is 2.42 bits per heavy atom. The number of ketones is 3. The first kappa shape index (κ1) is 27.2. The molecule has 3 N–H and O–H groups in total. The highest BCUT2D eigenvalue weighted by atomic mass is 16.5. The van der Waals surface area contributed by atoms with Crippen LogP contribution in [0, 0.1) is 12.8 Å². The van der Waals surface area contributed by atoms with Crippen molar-refractivity contribution < 1.29 is 33.8 Å². The van der Waals surface area contributed by atoms with E-state index in [1.165, 1.54) is 19.9 Å². The minimum absolute atomic E-state index is 0.0217. The normalized spacial score (nSPS) is 20.6. The van der Waals surface area contributed by atoms with Gasteiger partial charge >= 0.3 is 0 Å². The van der Waals surface area contributed by atoms with Gasteiger partial charge in [0.05, 0.1) is 17.4 Å². The number of aromatic hydroxyl groups is 2. The second-order valence-corrected chi connectivity index (χ2v) is 10.8. The predicted molar refractivity (Wildman–Crippen MR) is 141 cm³/mol. The van der Waals surface area contributed by atoms with Gasteiger partial charge in [-0.05, 0) is 58.6 Å². The van der Waals surface area contributed by atoms with Crippen LogP contribution >= 0.6 is 0 Å². The number of ether oxygens (including phenoxy) is 1. The highest BCUT2D eigenvalue weighted by Crippen LogP contribution is 2.57. The van der Waals surface area contributed by atoms with E-state index in [2.05, 4.69) is 19.2 Å². The third-order valence-electron chi connectivity index (χ3n) is 7.68. The summed E-state index contributed by atoms with van der Waals surface area (Å²) in [5, 5.41) is 24.7. The molecule has 0 radical (unpaired) electrons. The third kappa shape index (κ3) is 4.42. The number of hydrogen-bond donors (Lipinski definition) is 3. The number of carbonyl (C=O) groups excluding carboxylic acids is 3. The Morgan fingerprint density at radius 2 is 1.82 bits per heavy atom. The summed E-state index contributed by atoms with van der Waals surface area (Å²) in [5.74, 6) is -0.690. The molecule has 2 heterocycles. The Balaban J connectivity index is 1.65. The molecule has 0 saturated heterocycles. The second-order valence-electron chi connectivity index (χ2n) is 10.8. The fraction of sp³-hybridized carbons (Fsp3) is 0.433. The molecule has 0 amide bonds. The number of fused-ring (bicyclic) bond motifs is 3. The molecule has 8 nitrogen and oxygen atoms in total. The maximum atomic E-state index is 13.9. The summed E-state index contributed by atoms with van der Waals surface area (Å²) in [6.45, 7) is 10.8. The topological polar surface area (TPSA) is 126 Å². The van der Waals surface area contributed by atoms with Gasteiger partial charge in [0.15, 0.2) is 17.3 Å². The first-order chi connectivity index (χ1) is 17.9. The first-order valence-corrected chi connectivity index (χ1v) is 13.0. The summed E-state index contributed by atoms with van der Waals surface area (Å²) in [5.41, 5.74) is -1.11. The van der Waals surface area contributed by atoms with E-state index >= 15 is 0 Å². The fourth-order valence-corrected chi connectivity index (χ4v) is 5.37. The molecular weight excluding hydrogens is 486 g/mol. The second kappa shape index (κ2) is 10.2. The zero-order valence-electron chi connectivity index (χ0n) is 22.7. The summed E-state index contributed by atoms with van der Waals surface area (Å²) in [4.78, 5) is 39.4. The lowest BCUT2D eigenvalue weighted by molar-refractivity contribution is -0.123. The number of allylic oxidation sites excluding steroid dienone is 4. The number of Topliss-reactive ketones (excluding diaryl/α,β-unsaturated/α-hetero) is 2. The maximum absolute atomic E-state index is 13.9. The number of furan rings is 1. The largest absolute Gasteiger partial charge is 0.507 e. The van der Waals surface area contributed by atoms with E-state index in [9.17, 15) is 24.6 Å². The molecule has 4 rings (SSSR count). The molecule has 1 aromatic carbocycles. The van der Waals surface area contributed by atoms with Gasteiger partial charge in [0.1, 0.15) is 39.7 Å². The summed E-state index contributed by atoms with van der Waals surface area (Å²) in [7, 11) is 0. The van der Waals surface area contributed by atoms with Crippen LogP contribution in [0.2, 0.25) is 0 Å². The highest BCUT2D eigenvalue weighted by molar-refractivity contribution is 6.31. The van der Waals surface area contributed by atoms with Crippen LogP contribution in [0.5, 0.6) is 17.2 Å². The van der Waals surface area contributed by atoms with Crippen LogP contribution < -0.4 is 10.1 Å². The molecule has 0 saturated carbocycles. The van der Waals surface area contributed by atoms with E-state index < -0.39 is 28.5 Å². The van der Waals surface area contributed by atoms with Gasteiger partial charge in [-0.25, -0.2) is 0 Å². The fourth-order valence-electron chi connectivity index (χ4n) is 5.37. The Kier molecular flexibility index (Phi) is 7.28. The van der Waals surface area contributed by atoms with Crippen LogP contribution in [0.15, 0.2) is 45.9 Å². The molecule has 1 aliphatic carbocycles. The van der Waals surface area contributed by atoms with Crippen LogP contribution in [-0.4, -0.2) is 34.1 Å². The Morgan fingerprint density at radius 1 is 1.11 bits per heavy atom. The number of phenols is 2. The minimum atomic E-state index is -1.53. The number of rotatable bonds is 9. The van der Waals surface area contributed by atoms with Gasteiger partial charge in [0.25, 0.3) is 0 Å². The van der Waals surface area contributed by atoms with Crippen molar-refractivity contribution in [2.75, 3.05) is 6.54 Å². The van der Waals surface area contributed by atoms with Crippen molar-refractivity contribution >= 4 is 17.3 Å². The Bertz CT molecular complexity index is 1360. The molecule has 38 heavy (non-hydrogen) atoms. The molecule has 1 aromatic heterocycles. The predicted octanol–water partition coefficient (Wildman–Crippen LogP) is 5.36. The molecular formula is C30H35NO7. The van der Waals surface area contributed by atoms with Gasteiger partial charge in [0.2, 0.25) is 0 Å². The average molecular weight is 522 g/mol. The van der Waals surface area contributed by atoms with E-state index in [1.807, 2.05) is 12.1 Å².